The van der Waals surface area contributed by atoms with Crippen molar-refractivity contribution in [1.82, 2.24) is 15.3 Å². The molecule has 0 aliphatic carbocycles. The van der Waals surface area contributed by atoms with E-state index in [9.17, 15) is 9.90 Å². The summed E-state index contributed by atoms with van der Waals surface area (Å²) >= 11 is 6.23. The lowest BCUT2D eigenvalue weighted by molar-refractivity contribution is 0.0894. The smallest absolute Gasteiger partial charge is 0.258 e. The molecule has 182 valence electrons. The number of fused-ring (bicyclic) bond motifs is 2. The number of hydrogen-bond acceptors (Lipinski definition) is 7. The van der Waals surface area contributed by atoms with Crippen LogP contribution in [0.5, 0.6) is 5.88 Å². The summed E-state index contributed by atoms with van der Waals surface area (Å²) in [7, 11) is 0. The molecule has 35 heavy (non-hydrogen) atoms. The summed E-state index contributed by atoms with van der Waals surface area (Å²) in [6.45, 7) is 1.70. The lowest BCUT2D eigenvalue weighted by Crippen LogP contribution is -2.46. The molecule has 2 N–H and O–H groups in total. The number of aliphatic hydroxyl groups excluding tert-OH is 1. The average molecular weight is 495 g/mol. The van der Waals surface area contributed by atoms with E-state index in [-0.39, 0.29) is 42.6 Å². The molecular weight excluding hydrogens is 468 g/mol. The Morgan fingerprint density at radius 1 is 1.14 bits per heavy atom. The normalized spacial score (nSPS) is 19.0. The first kappa shape index (κ1) is 23.5. The van der Waals surface area contributed by atoms with E-state index in [0.29, 0.717) is 36.3 Å². The van der Waals surface area contributed by atoms with Crippen molar-refractivity contribution in [2.45, 2.75) is 44.7 Å². The van der Waals surface area contributed by atoms with Crippen LogP contribution in [0.2, 0.25) is 5.02 Å². The number of benzene rings is 2. The third-order valence-corrected chi connectivity index (χ3v) is 6.77. The van der Waals surface area contributed by atoms with E-state index in [2.05, 4.69) is 20.2 Å². The Kier molecular flexibility index (Phi) is 7.13. The van der Waals surface area contributed by atoms with Crippen molar-refractivity contribution in [2.75, 3.05) is 18.1 Å². The van der Waals surface area contributed by atoms with E-state index < -0.39 is 0 Å². The first-order valence-electron chi connectivity index (χ1n) is 11.7. The molecule has 2 fully saturated rings. The van der Waals surface area contributed by atoms with E-state index in [1.165, 1.54) is 6.20 Å². The van der Waals surface area contributed by atoms with Crippen LogP contribution in [0.1, 0.15) is 39.9 Å². The molecule has 0 radical (unpaired) electrons. The van der Waals surface area contributed by atoms with E-state index in [4.69, 9.17) is 21.1 Å². The fraction of sp³-hybridized carbons (Fsp3) is 0.346. The average Bonchev–Trinajstić information content (AvgIpc) is 3.14. The molecule has 5 rings (SSSR count). The van der Waals surface area contributed by atoms with Crippen LogP contribution in [0, 0.1) is 0 Å². The summed E-state index contributed by atoms with van der Waals surface area (Å²) in [4.78, 5) is 24.5. The Bertz CT molecular complexity index is 1180. The zero-order valence-electron chi connectivity index (χ0n) is 19.2. The largest absolute Gasteiger partial charge is 0.472 e. The molecule has 2 unspecified atom stereocenters. The minimum absolute atomic E-state index is 0.136. The quantitative estimate of drug-likeness (QED) is 0.494. The Balaban J connectivity index is 1.39. The molecule has 2 saturated heterocycles. The highest BCUT2D eigenvalue weighted by Crippen LogP contribution is 2.33. The van der Waals surface area contributed by atoms with Gasteiger partial charge in [-0.15, -0.1) is 0 Å². The molecule has 9 heteroatoms. The maximum atomic E-state index is 13.1. The van der Waals surface area contributed by atoms with Gasteiger partial charge >= 0.3 is 0 Å². The molecule has 2 aliphatic rings. The summed E-state index contributed by atoms with van der Waals surface area (Å²) in [5, 5.41) is 12.7. The Morgan fingerprint density at radius 2 is 1.91 bits per heavy atom. The summed E-state index contributed by atoms with van der Waals surface area (Å²) < 4.78 is 11.7. The van der Waals surface area contributed by atoms with Crippen LogP contribution in [-0.4, -0.2) is 46.3 Å². The highest BCUT2D eigenvalue weighted by Gasteiger charge is 2.39. The van der Waals surface area contributed by atoms with Crippen molar-refractivity contribution < 1.29 is 19.4 Å². The molecule has 1 amide bonds. The van der Waals surface area contributed by atoms with Gasteiger partial charge in [0.1, 0.15) is 12.2 Å². The van der Waals surface area contributed by atoms with Gasteiger partial charge in [0.05, 0.1) is 31.9 Å². The number of nitrogens with zero attached hydrogens (tertiary/aromatic N) is 3. The molecule has 1 aromatic heterocycles. The van der Waals surface area contributed by atoms with Gasteiger partial charge in [-0.25, -0.2) is 4.98 Å². The van der Waals surface area contributed by atoms with Crippen molar-refractivity contribution >= 4 is 23.5 Å². The van der Waals surface area contributed by atoms with Gasteiger partial charge in [0.25, 0.3) is 5.91 Å². The molecule has 0 spiro atoms. The molecule has 2 aromatic carbocycles. The topological polar surface area (TPSA) is 96.8 Å². The van der Waals surface area contributed by atoms with Crippen LogP contribution in [-0.2, 0) is 24.5 Å². The lowest BCUT2D eigenvalue weighted by atomic mass is 10.1. The second kappa shape index (κ2) is 10.6. The lowest BCUT2D eigenvalue weighted by Gasteiger charge is -2.34. The third-order valence-electron chi connectivity index (χ3n) is 6.42. The van der Waals surface area contributed by atoms with Crippen molar-refractivity contribution in [3.63, 3.8) is 0 Å². The second-order valence-electron chi connectivity index (χ2n) is 8.76. The summed E-state index contributed by atoms with van der Waals surface area (Å²) in [6.07, 6.45) is 3.59. The van der Waals surface area contributed by atoms with Crippen LogP contribution in [0.4, 0.5) is 5.95 Å². The fourth-order valence-electron chi connectivity index (χ4n) is 4.54. The van der Waals surface area contributed by atoms with Gasteiger partial charge in [-0.05, 0) is 35.6 Å². The minimum atomic E-state index is -0.311. The number of nitrogens with one attached hydrogen (secondary N) is 1. The van der Waals surface area contributed by atoms with Gasteiger partial charge in [0.2, 0.25) is 11.8 Å². The van der Waals surface area contributed by atoms with Crippen molar-refractivity contribution in [3.8, 4) is 5.88 Å². The molecule has 0 saturated carbocycles. The third kappa shape index (κ3) is 5.24. The molecule has 2 atom stereocenters. The van der Waals surface area contributed by atoms with Crippen LogP contribution >= 0.6 is 11.6 Å². The van der Waals surface area contributed by atoms with Crippen molar-refractivity contribution in [3.05, 3.63) is 82.0 Å². The molecule has 2 bridgehead atoms. The fourth-order valence-corrected chi connectivity index (χ4v) is 4.80. The molecule has 3 heterocycles. The van der Waals surface area contributed by atoms with Crippen molar-refractivity contribution in [1.29, 1.82) is 0 Å². The predicted molar refractivity (Wildman–Crippen MR) is 131 cm³/mol. The van der Waals surface area contributed by atoms with E-state index in [1.54, 1.807) is 12.1 Å². The van der Waals surface area contributed by atoms with Gasteiger partial charge in [0, 0.05) is 17.8 Å². The van der Waals surface area contributed by atoms with Gasteiger partial charge in [0.15, 0.2) is 0 Å². The summed E-state index contributed by atoms with van der Waals surface area (Å²) in [6, 6.07) is 15.5. The zero-order valence-corrected chi connectivity index (χ0v) is 19.9. The number of morpholine rings is 1. The van der Waals surface area contributed by atoms with Gasteiger partial charge in [-0.1, -0.05) is 54.1 Å². The monoisotopic (exact) mass is 494 g/mol. The number of carbonyl (C=O) groups excluding carboxylic acids is 1. The van der Waals surface area contributed by atoms with Crippen LogP contribution in [0.15, 0.2) is 54.7 Å². The first-order chi connectivity index (χ1) is 17.1. The molecule has 8 nitrogen and oxygen atoms in total. The Hall–Kier alpha value is -3.20. The number of rotatable bonds is 8. The predicted octanol–water partition coefficient (Wildman–Crippen LogP) is 3.50. The second-order valence-corrected chi connectivity index (χ2v) is 9.17. The standard InChI is InChI=1S/C26H27ClN4O4/c27-23-10-18(6-7-19(23)13-32)14-35-25-22(24(33)28-11-17-4-2-1-3-5-17)12-29-26(30-25)31-20-8-9-21(31)16-34-15-20/h1-7,10,12,20-21,32H,8-9,11,13-16H2,(H,28,33). The van der Waals surface area contributed by atoms with E-state index >= 15 is 0 Å². The van der Waals surface area contributed by atoms with Crippen molar-refractivity contribution in [2.24, 2.45) is 0 Å². The number of amides is 1. The number of carbonyl (C=O) groups is 1. The minimum Gasteiger partial charge on any atom is -0.472 e. The number of anilines is 1. The van der Waals surface area contributed by atoms with Gasteiger partial charge < -0.3 is 24.8 Å². The number of halogens is 1. The van der Waals surface area contributed by atoms with E-state index in [0.717, 1.165) is 24.0 Å². The van der Waals surface area contributed by atoms with Crippen LogP contribution in [0.25, 0.3) is 0 Å². The van der Waals surface area contributed by atoms with Gasteiger partial charge in [-0.3, -0.25) is 4.79 Å². The summed E-state index contributed by atoms with van der Waals surface area (Å²) in [5.41, 5.74) is 2.70. The molecular formula is C26H27ClN4O4. The zero-order chi connectivity index (χ0) is 24.2. The molecule has 2 aliphatic heterocycles. The SMILES string of the molecule is O=C(NCc1ccccc1)c1cnc(N2C3CCC2COC3)nc1OCc1ccc(CO)c(Cl)c1. The highest BCUT2D eigenvalue weighted by atomic mass is 35.5. The Labute approximate surface area is 208 Å². The summed E-state index contributed by atoms with van der Waals surface area (Å²) in [5.74, 6) is 0.451. The number of hydrogen-bond donors (Lipinski definition) is 2. The van der Waals surface area contributed by atoms with Gasteiger partial charge in [-0.2, -0.15) is 4.98 Å². The van der Waals surface area contributed by atoms with E-state index in [1.807, 2.05) is 36.4 Å². The molecule has 3 aromatic rings. The van der Waals surface area contributed by atoms with Crippen LogP contribution in [0.3, 0.4) is 0 Å². The number of aliphatic hydroxyl groups is 1. The number of aromatic nitrogens is 2. The first-order valence-corrected chi connectivity index (χ1v) is 12.1. The highest BCUT2D eigenvalue weighted by molar-refractivity contribution is 6.31. The van der Waals surface area contributed by atoms with Crippen LogP contribution < -0.4 is 15.0 Å². The number of ether oxygens (including phenoxy) is 2. The maximum absolute atomic E-state index is 13.1. The maximum Gasteiger partial charge on any atom is 0.258 e. The Morgan fingerprint density at radius 3 is 2.63 bits per heavy atom.